The summed E-state index contributed by atoms with van der Waals surface area (Å²) >= 11 is 0. The van der Waals surface area contributed by atoms with Crippen molar-refractivity contribution in [2.75, 3.05) is 7.11 Å². The van der Waals surface area contributed by atoms with Crippen LogP contribution in [0.3, 0.4) is 0 Å². The molecule has 76 valence electrons. The maximum atomic E-state index is 5.77. The van der Waals surface area contributed by atoms with Crippen LogP contribution in [-0.4, -0.2) is 12.7 Å². The first-order valence-electron chi connectivity index (χ1n) is 5.42. The van der Waals surface area contributed by atoms with E-state index < -0.39 is 0 Å². The second-order valence-electron chi connectivity index (χ2n) is 5.93. The number of hydrogen-bond acceptors (Lipinski definition) is 1. The van der Waals surface area contributed by atoms with Crippen LogP contribution in [-0.2, 0) is 4.74 Å². The van der Waals surface area contributed by atoms with E-state index in [-0.39, 0.29) is 5.60 Å². The summed E-state index contributed by atoms with van der Waals surface area (Å²) < 4.78 is 5.77. The molecular formula is C12H22O. The van der Waals surface area contributed by atoms with E-state index in [1.807, 2.05) is 7.11 Å². The molecule has 2 rings (SSSR count). The second kappa shape index (κ2) is 2.31. The topological polar surface area (TPSA) is 9.23 Å². The lowest BCUT2D eigenvalue weighted by molar-refractivity contribution is -0.104. The maximum Gasteiger partial charge on any atom is 0.0712 e. The van der Waals surface area contributed by atoms with Gasteiger partial charge in [-0.25, -0.2) is 0 Å². The molecule has 0 aromatic carbocycles. The van der Waals surface area contributed by atoms with Crippen molar-refractivity contribution in [1.82, 2.24) is 0 Å². The van der Waals surface area contributed by atoms with Crippen molar-refractivity contribution in [1.29, 1.82) is 0 Å². The first-order valence-corrected chi connectivity index (χ1v) is 5.42. The van der Waals surface area contributed by atoms with Crippen LogP contribution in [0.4, 0.5) is 0 Å². The van der Waals surface area contributed by atoms with Gasteiger partial charge in [0.15, 0.2) is 0 Å². The van der Waals surface area contributed by atoms with Gasteiger partial charge in [-0.15, -0.1) is 0 Å². The molecule has 0 heterocycles. The van der Waals surface area contributed by atoms with Crippen molar-refractivity contribution in [2.24, 2.45) is 16.7 Å². The quantitative estimate of drug-likeness (QED) is 0.605. The zero-order chi connectivity index (χ0) is 9.91. The molecule has 3 atom stereocenters. The van der Waals surface area contributed by atoms with E-state index in [2.05, 4.69) is 27.7 Å². The monoisotopic (exact) mass is 182 g/mol. The number of ether oxygens (including phenoxy) is 1. The predicted molar refractivity (Wildman–Crippen MR) is 54.6 cm³/mol. The summed E-state index contributed by atoms with van der Waals surface area (Å²) in [6.45, 7) is 9.57. The van der Waals surface area contributed by atoms with Crippen molar-refractivity contribution in [3.05, 3.63) is 0 Å². The van der Waals surface area contributed by atoms with Crippen LogP contribution in [0.25, 0.3) is 0 Å². The lowest BCUT2D eigenvalue weighted by atomic mass is 9.65. The Hall–Kier alpha value is -0.0400. The fourth-order valence-electron chi connectivity index (χ4n) is 3.90. The summed E-state index contributed by atoms with van der Waals surface area (Å²) in [6, 6.07) is 0. The van der Waals surface area contributed by atoms with Gasteiger partial charge in [0.25, 0.3) is 0 Å². The highest BCUT2D eigenvalue weighted by molar-refractivity contribution is 5.16. The zero-order valence-electron chi connectivity index (χ0n) is 9.61. The molecule has 0 aliphatic heterocycles. The van der Waals surface area contributed by atoms with Gasteiger partial charge in [-0.3, -0.25) is 0 Å². The number of rotatable bonds is 1. The van der Waals surface area contributed by atoms with E-state index >= 15 is 0 Å². The molecule has 1 heteroatoms. The first kappa shape index (κ1) is 9.51. The van der Waals surface area contributed by atoms with Gasteiger partial charge in [0.05, 0.1) is 5.60 Å². The van der Waals surface area contributed by atoms with Gasteiger partial charge in [-0.1, -0.05) is 20.8 Å². The number of methoxy groups -OCH3 is 1. The third-order valence-electron chi connectivity index (χ3n) is 5.69. The van der Waals surface area contributed by atoms with E-state index in [1.54, 1.807) is 0 Å². The van der Waals surface area contributed by atoms with E-state index in [4.69, 9.17) is 4.74 Å². The zero-order valence-corrected chi connectivity index (χ0v) is 9.61. The van der Waals surface area contributed by atoms with Gasteiger partial charge >= 0.3 is 0 Å². The predicted octanol–water partition coefficient (Wildman–Crippen LogP) is 3.24. The van der Waals surface area contributed by atoms with E-state index in [9.17, 15) is 0 Å². The molecule has 1 nitrogen and oxygen atoms in total. The second-order valence-corrected chi connectivity index (χ2v) is 5.93. The molecule has 0 N–H and O–H groups in total. The Morgan fingerprint density at radius 1 is 1.15 bits per heavy atom. The Bertz CT molecular complexity index is 233. The van der Waals surface area contributed by atoms with E-state index in [1.165, 1.54) is 19.3 Å². The lowest BCUT2D eigenvalue weighted by Gasteiger charge is -2.45. The molecule has 0 spiro atoms. The van der Waals surface area contributed by atoms with Gasteiger partial charge in [0.2, 0.25) is 0 Å². The third-order valence-corrected chi connectivity index (χ3v) is 5.69. The molecule has 0 amide bonds. The lowest BCUT2D eigenvalue weighted by Crippen LogP contribution is -2.46. The van der Waals surface area contributed by atoms with Gasteiger partial charge < -0.3 is 4.74 Å². The molecule has 0 saturated heterocycles. The van der Waals surface area contributed by atoms with Crippen LogP contribution in [0.15, 0.2) is 0 Å². The average Bonchev–Trinajstić information content (AvgIpc) is 2.36. The molecule has 2 saturated carbocycles. The standard InChI is InChI=1S/C12H22O/c1-10(2)9-6-7-11(10,3)12(4,8-9)13-5/h9H,6-8H2,1-5H3. The van der Waals surface area contributed by atoms with Crippen molar-refractivity contribution in [3.8, 4) is 0 Å². The normalized spacial score (nSPS) is 52.8. The van der Waals surface area contributed by atoms with Crippen LogP contribution in [0.5, 0.6) is 0 Å². The van der Waals surface area contributed by atoms with Crippen molar-refractivity contribution < 1.29 is 4.74 Å². The SMILES string of the molecule is COC1(C)CC2CCC1(C)C2(C)C. The van der Waals surface area contributed by atoms with Crippen LogP contribution in [0.2, 0.25) is 0 Å². The Kier molecular flexibility index (Phi) is 1.69. The van der Waals surface area contributed by atoms with Crippen LogP contribution >= 0.6 is 0 Å². The maximum absolute atomic E-state index is 5.77. The molecule has 2 fully saturated rings. The van der Waals surface area contributed by atoms with Gasteiger partial charge in [-0.05, 0) is 37.5 Å². The summed E-state index contributed by atoms with van der Waals surface area (Å²) in [4.78, 5) is 0. The largest absolute Gasteiger partial charge is 0.378 e. The van der Waals surface area contributed by atoms with Crippen molar-refractivity contribution in [2.45, 2.75) is 52.6 Å². The first-order chi connectivity index (χ1) is 5.87. The minimum absolute atomic E-state index is 0.124. The molecule has 2 aliphatic rings. The van der Waals surface area contributed by atoms with E-state index in [0.717, 1.165) is 5.92 Å². The van der Waals surface area contributed by atoms with Crippen molar-refractivity contribution >= 4 is 0 Å². The minimum Gasteiger partial charge on any atom is -0.378 e. The molecule has 0 aromatic rings. The smallest absolute Gasteiger partial charge is 0.0712 e. The Balaban J connectivity index is 2.44. The van der Waals surface area contributed by atoms with Gasteiger partial charge in [0, 0.05) is 12.5 Å². The van der Waals surface area contributed by atoms with Crippen LogP contribution in [0, 0.1) is 16.7 Å². The average molecular weight is 182 g/mol. The highest BCUT2D eigenvalue weighted by atomic mass is 16.5. The Morgan fingerprint density at radius 3 is 2.00 bits per heavy atom. The molecule has 3 unspecified atom stereocenters. The fraction of sp³-hybridized carbons (Fsp3) is 1.00. The van der Waals surface area contributed by atoms with E-state index in [0.29, 0.717) is 10.8 Å². The van der Waals surface area contributed by atoms with Crippen molar-refractivity contribution in [3.63, 3.8) is 0 Å². The summed E-state index contributed by atoms with van der Waals surface area (Å²) in [7, 11) is 1.88. The summed E-state index contributed by atoms with van der Waals surface area (Å²) in [5.74, 6) is 0.877. The van der Waals surface area contributed by atoms with Crippen LogP contribution < -0.4 is 0 Å². The summed E-state index contributed by atoms with van der Waals surface area (Å²) in [5.41, 5.74) is 0.983. The number of fused-ring (bicyclic) bond motifs is 2. The highest BCUT2D eigenvalue weighted by Gasteiger charge is 2.67. The minimum atomic E-state index is 0.124. The van der Waals surface area contributed by atoms with Gasteiger partial charge in [-0.2, -0.15) is 0 Å². The van der Waals surface area contributed by atoms with Gasteiger partial charge in [0.1, 0.15) is 0 Å². The Labute approximate surface area is 81.9 Å². The molecule has 0 aromatic heterocycles. The molecule has 2 aliphatic carbocycles. The fourth-order valence-corrected chi connectivity index (χ4v) is 3.90. The number of hydrogen-bond donors (Lipinski definition) is 0. The molecule has 13 heavy (non-hydrogen) atoms. The highest BCUT2D eigenvalue weighted by Crippen LogP contribution is 2.70. The third kappa shape index (κ3) is 0.823. The molecule has 0 radical (unpaired) electrons. The molecule has 2 bridgehead atoms. The summed E-state index contributed by atoms with van der Waals surface area (Å²) in [6.07, 6.45) is 4.00. The molecular weight excluding hydrogens is 160 g/mol. The summed E-state index contributed by atoms with van der Waals surface area (Å²) in [5, 5.41) is 0. The van der Waals surface area contributed by atoms with Crippen LogP contribution in [0.1, 0.15) is 47.0 Å². The Morgan fingerprint density at radius 2 is 1.77 bits per heavy atom.